The maximum absolute atomic E-state index is 12.2. The fraction of sp³-hybridized carbons (Fsp3) is 0.538. The molecule has 2 aromatic carbocycles. The summed E-state index contributed by atoms with van der Waals surface area (Å²) in [7, 11) is 1.67. The smallest absolute Gasteiger partial charge is 0.149 e. The molecule has 0 aromatic heterocycles. The van der Waals surface area contributed by atoms with Gasteiger partial charge in [0.05, 0.1) is 19.3 Å². The Balaban J connectivity index is 1.60. The predicted octanol–water partition coefficient (Wildman–Crippen LogP) is 4.88. The lowest BCUT2D eigenvalue weighted by atomic mass is 9.62. The number of nitrogens with zero attached hydrogens (tertiary/aromatic N) is 1. The molecule has 3 fully saturated rings. The van der Waals surface area contributed by atoms with Crippen molar-refractivity contribution in [1.29, 1.82) is 0 Å². The van der Waals surface area contributed by atoms with Crippen LogP contribution in [0.4, 0.5) is 0 Å². The molecular formula is C26H33NO3. The van der Waals surface area contributed by atoms with Gasteiger partial charge in [-0.2, -0.15) is 0 Å². The summed E-state index contributed by atoms with van der Waals surface area (Å²) < 4.78 is 12.1. The molecule has 30 heavy (non-hydrogen) atoms. The third kappa shape index (κ3) is 2.77. The van der Waals surface area contributed by atoms with Crippen molar-refractivity contribution in [1.82, 2.24) is 4.90 Å². The zero-order chi connectivity index (χ0) is 21.1. The molecule has 4 nitrogen and oxygen atoms in total. The summed E-state index contributed by atoms with van der Waals surface area (Å²) in [5.74, 6) is 1.95. The van der Waals surface area contributed by atoms with Crippen molar-refractivity contribution in [3.8, 4) is 5.75 Å². The zero-order valence-corrected chi connectivity index (χ0v) is 18.4. The van der Waals surface area contributed by atoms with E-state index in [4.69, 9.17) is 9.47 Å². The number of benzene rings is 2. The normalized spacial score (nSPS) is 37.6. The number of hydrogen-bond acceptors (Lipinski definition) is 4. The zero-order valence-electron chi connectivity index (χ0n) is 18.4. The van der Waals surface area contributed by atoms with Crippen molar-refractivity contribution in [3.05, 3.63) is 65.7 Å². The number of hydrogen-bond donors (Lipinski definition) is 1. The van der Waals surface area contributed by atoms with Crippen molar-refractivity contribution in [2.24, 2.45) is 11.8 Å². The van der Waals surface area contributed by atoms with Crippen LogP contribution >= 0.6 is 0 Å². The third-order valence-corrected chi connectivity index (χ3v) is 7.92. The van der Waals surface area contributed by atoms with E-state index < -0.39 is 5.60 Å². The average Bonchev–Trinajstić information content (AvgIpc) is 2.75. The highest BCUT2D eigenvalue weighted by Crippen LogP contribution is 2.62. The number of rotatable bonds is 3. The van der Waals surface area contributed by atoms with Gasteiger partial charge in [-0.25, -0.2) is 0 Å². The van der Waals surface area contributed by atoms with Gasteiger partial charge in [0.2, 0.25) is 0 Å². The number of aliphatic hydroxyl groups is 1. The summed E-state index contributed by atoms with van der Waals surface area (Å²) in [5, 5.41) is 12.2. The molecule has 2 heterocycles. The molecule has 6 atom stereocenters. The van der Waals surface area contributed by atoms with Crippen LogP contribution in [0.2, 0.25) is 0 Å². The van der Waals surface area contributed by atoms with E-state index in [2.05, 4.69) is 49.9 Å². The highest BCUT2D eigenvalue weighted by atomic mass is 16.5. The first-order valence-electron chi connectivity index (χ1n) is 11.2. The Kier molecular flexibility index (Phi) is 4.73. The minimum Gasteiger partial charge on any atom is -0.497 e. The molecule has 1 N–H and O–H groups in total. The van der Waals surface area contributed by atoms with E-state index in [1.165, 1.54) is 12.8 Å². The van der Waals surface area contributed by atoms with Crippen LogP contribution in [-0.2, 0) is 10.3 Å². The Morgan fingerprint density at radius 3 is 2.40 bits per heavy atom. The Hall–Kier alpha value is -1.88. The summed E-state index contributed by atoms with van der Waals surface area (Å²) in [4.78, 5) is 2.43. The SMILES string of the molecule is COc1ccc([C@@]2(O)[C@@H]3O[C@@H]4C[C@H](C)CC[C@H]4C(C)(C)N3[C@H]2c2ccccc2)cc1. The molecule has 0 amide bonds. The summed E-state index contributed by atoms with van der Waals surface area (Å²) in [6.07, 6.45) is 3.37. The number of ether oxygens (including phenoxy) is 2. The van der Waals surface area contributed by atoms with Gasteiger partial charge in [-0.3, -0.25) is 4.90 Å². The lowest BCUT2D eigenvalue weighted by Crippen LogP contribution is -2.80. The lowest BCUT2D eigenvalue weighted by Gasteiger charge is -2.71. The maximum atomic E-state index is 12.2. The number of methoxy groups -OCH3 is 1. The summed E-state index contributed by atoms with van der Waals surface area (Å²) in [5.41, 5.74) is 0.867. The highest BCUT2D eigenvalue weighted by Gasteiger charge is 2.70. The van der Waals surface area contributed by atoms with Crippen molar-refractivity contribution in [2.45, 2.75) is 69.5 Å². The van der Waals surface area contributed by atoms with E-state index in [1.54, 1.807) is 7.11 Å². The molecule has 0 bridgehead atoms. The molecule has 2 aliphatic heterocycles. The largest absolute Gasteiger partial charge is 0.497 e. The van der Waals surface area contributed by atoms with Crippen LogP contribution in [0, 0.1) is 11.8 Å². The molecular weight excluding hydrogens is 374 g/mol. The maximum Gasteiger partial charge on any atom is 0.149 e. The van der Waals surface area contributed by atoms with E-state index >= 15 is 0 Å². The van der Waals surface area contributed by atoms with Gasteiger partial charge >= 0.3 is 0 Å². The van der Waals surface area contributed by atoms with Gasteiger partial charge in [0.15, 0.2) is 0 Å². The van der Waals surface area contributed by atoms with Crippen molar-refractivity contribution in [3.63, 3.8) is 0 Å². The molecule has 5 rings (SSSR count). The molecule has 2 aromatic rings. The first-order chi connectivity index (χ1) is 14.4. The third-order valence-electron chi connectivity index (χ3n) is 7.92. The molecule has 160 valence electrons. The van der Waals surface area contributed by atoms with Gasteiger partial charge in [-0.1, -0.05) is 55.8 Å². The molecule has 2 saturated heterocycles. The van der Waals surface area contributed by atoms with Gasteiger partial charge < -0.3 is 14.6 Å². The van der Waals surface area contributed by atoms with E-state index in [-0.39, 0.29) is 23.9 Å². The van der Waals surface area contributed by atoms with E-state index in [1.807, 2.05) is 30.3 Å². The van der Waals surface area contributed by atoms with Crippen LogP contribution in [0.1, 0.15) is 57.2 Å². The molecule has 1 aliphatic carbocycles. The van der Waals surface area contributed by atoms with Crippen LogP contribution in [0.15, 0.2) is 54.6 Å². The monoisotopic (exact) mass is 407 g/mol. The highest BCUT2D eigenvalue weighted by molar-refractivity contribution is 5.40. The van der Waals surface area contributed by atoms with Gasteiger partial charge in [0.1, 0.15) is 17.6 Å². The van der Waals surface area contributed by atoms with Gasteiger partial charge in [-0.05, 0) is 55.9 Å². The first kappa shape index (κ1) is 20.0. The Morgan fingerprint density at radius 1 is 1.03 bits per heavy atom. The van der Waals surface area contributed by atoms with E-state index in [0.717, 1.165) is 23.3 Å². The van der Waals surface area contributed by atoms with E-state index in [0.29, 0.717) is 11.8 Å². The minimum absolute atomic E-state index is 0.0487. The molecule has 0 unspecified atom stereocenters. The second kappa shape index (κ2) is 7.08. The average molecular weight is 408 g/mol. The van der Waals surface area contributed by atoms with Crippen molar-refractivity contribution < 1.29 is 14.6 Å². The standard InChI is InChI=1S/C26H33NO3/c1-17-10-15-21-22(16-17)30-24-26(28,19-11-13-20(29-4)14-12-19)23(27(24)25(21,2)3)18-8-6-5-7-9-18/h5-9,11-14,17,21-24,28H,10,15-16H2,1-4H3/t17-,21-,22-,23+,24+,26+/m1/s1. The molecule has 3 aliphatic rings. The predicted molar refractivity (Wildman–Crippen MR) is 117 cm³/mol. The van der Waals surface area contributed by atoms with Crippen LogP contribution < -0.4 is 4.74 Å². The van der Waals surface area contributed by atoms with Crippen LogP contribution in [0.3, 0.4) is 0 Å². The van der Waals surface area contributed by atoms with Crippen molar-refractivity contribution in [2.75, 3.05) is 7.11 Å². The summed E-state index contributed by atoms with van der Waals surface area (Å²) in [6, 6.07) is 18.1. The van der Waals surface area contributed by atoms with Gasteiger partial charge in [0.25, 0.3) is 0 Å². The number of fused-ring (bicyclic) bond motifs is 2. The Morgan fingerprint density at radius 2 is 1.73 bits per heavy atom. The van der Waals surface area contributed by atoms with Crippen LogP contribution in [-0.4, -0.2) is 35.0 Å². The van der Waals surface area contributed by atoms with Gasteiger partial charge in [-0.15, -0.1) is 0 Å². The Bertz CT molecular complexity index is 896. The fourth-order valence-corrected chi connectivity index (χ4v) is 6.27. The molecule has 4 heteroatoms. The minimum atomic E-state index is -1.10. The van der Waals surface area contributed by atoms with Gasteiger partial charge in [0, 0.05) is 11.5 Å². The summed E-state index contributed by atoms with van der Waals surface area (Å²) >= 11 is 0. The second-order valence-corrected chi connectivity index (χ2v) is 9.98. The fourth-order valence-electron chi connectivity index (χ4n) is 6.27. The summed E-state index contributed by atoms with van der Waals surface area (Å²) in [6.45, 7) is 7.02. The quantitative estimate of drug-likeness (QED) is 0.787. The molecule has 0 spiro atoms. The first-order valence-corrected chi connectivity index (χ1v) is 11.2. The second-order valence-electron chi connectivity index (χ2n) is 9.98. The lowest BCUT2D eigenvalue weighted by molar-refractivity contribution is -0.388. The van der Waals surface area contributed by atoms with Crippen LogP contribution in [0.25, 0.3) is 0 Å². The topological polar surface area (TPSA) is 41.9 Å². The Labute approximate surface area is 179 Å². The van der Waals surface area contributed by atoms with Crippen molar-refractivity contribution >= 4 is 0 Å². The van der Waals surface area contributed by atoms with E-state index in [9.17, 15) is 5.11 Å². The molecule has 1 saturated carbocycles. The molecule has 0 radical (unpaired) electrons. The van der Waals surface area contributed by atoms with Crippen LogP contribution in [0.5, 0.6) is 5.75 Å².